The summed E-state index contributed by atoms with van der Waals surface area (Å²) in [7, 11) is 0. The highest BCUT2D eigenvalue weighted by Crippen LogP contribution is 2.27. The number of nitro benzene ring substituents is 1. The second-order valence-electron chi connectivity index (χ2n) is 4.78. The molecule has 0 aliphatic carbocycles. The standard InChI is InChI=1S/C13H14N4O4/c1-8-6-9(17(18)19)2-3-10(8)13-15-12(16-21-13)11-7-14-4-5-20-11/h2-3,6,11,14H,4-5,7H2,1H3. The SMILES string of the molecule is Cc1cc([N+](=O)[O-])ccc1-c1nc(C2CNCCO2)no1. The second kappa shape index (κ2) is 5.58. The number of rotatable bonds is 3. The fourth-order valence-electron chi connectivity index (χ4n) is 2.21. The van der Waals surface area contributed by atoms with Gasteiger partial charge < -0.3 is 14.6 Å². The van der Waals surface area contributed by atoms with Gasteiger partial charge in [-0.1, -0.05) is 5.16 Å². The number of nitrogens with one attached hydrogen (secondary N) is 1. The van der Waals surface area contributed by atoms with E-state index < -0.39 is 4.92 Å². The van der Waals surface area contributed by atoms with Gasteiger partial charge in [-0.25, -0.2) is 0 Å². The molecule has 8 heteroatoms. The van der Waals surface area contributed by atoms with Gasteiger partial charge in [-0.3, -0.25) is 10.1 Å². The third-order valence-corrected chi connectivity index (χ3v) is 3.31. The Balaban J connectivity index is 1.87. The van der Waals surface area contributed by atoms with Crippen molar-refractivity contribution < 1.29 is 14.2 Å². The largest absolute Gasteiger partial charge is 0.367 e. The number of benzene rings is 1. The van der Waals surface area contributed by atoms with E-state index in [1.807, 2.05) is 0 Å². The molecule has 0 bridgehead atoms. The minimum absolute atomic E-state index is 0.0378. The summed E-state index contributed by atoms with van der Waals surface area (Å²) in [6.07, 6.45) is -0.227. The lowest BCUT2D eigenvalue weighted by Crippen LogP contribution is -2.33. The van der Waals surface area contributed by atoms with Crippen molar-refractivity contribution in [2.45, 2.75) is 13.0 Å². The molecule has 0 spiro atoms. The first-order chi connectivity index (χ1) is 10.1. The topological polar surface area (TPSA) is 103 Å². The first kappa shape index (κ1) is 13.7. The van der Waals surface area contributed by atoms with Crippen LogP contribution in [0.4, 0.5) is 5.69 Å². The van der Waals surface area contributed by atoms with Gasteiger partial charge in [0.25, 0.3) is 11.6 Å². The van der Waals surface area contributed by atoms with E-state index in [2.05, 4.69) is 15.5 Å². The molecule has 2 aromatic rings. The Bertz CT molecular complexity index is 664. The van der Waals surface area contributed by atoms with Gasteiger partial charge in [-0.05, 0) is 18.6 Å². The van der Waals surface area contributed by atoms with Gasteiger partial charge in [0.2, 0.25) is 5.82 Å². The van der Waals surface area contributed by atoms with E-state index in [1.54, 1.807) is 13.0 Å². The molecule has 1 atom stereocenters. The number of morpholine rings is 1. The number of aryl methyl sites for hydroxylation is 1. The molecule has 21 heavy (non-hydrogen) atoms. The van der Waals surface area contributed by atoms with Crippen LogP contribution in [0, 0.1) is 17.0 Å². The molecule has 0 saturated carbocycles. The highest BCUT2D eigenvalue weighted by molar-refractivity contribution is 5.61. The molecule has 3 rings (SSSR count). The lowest BCUT2D eigenvalue weighted by atomic mass is 10.1. The van der Waals surface area contributed by atoms with E-state index in [0.29, 0.717) is 36.0 Å². The number of hydrogen-bond donors (Lipinski definition) is 1. The predicted octanol–water partition coefficient (Wildman–Crippen LogP) is 1.61. The minimum atomic E-state index is -0.433. The summed E-state index contributed by atoms with van der Waals surface area (Å²) in [6.45, 7) is 3.82. The molecule has 1 N–H and O–H groups in total. The Morgan fingerprint density at radius 3 is 3.00 bits per heavy atom. The van der Waals surface area contributed by atoms with Crippen molar-refractivity contribution in [3.05, 3.63) is 39.7 Å². The van der Waals surface area contributed by atoms with Crippen LogP contribution >= 0.6 is 0 Å². The van der Waals surface area contributed by atoms with E-state index >= 15 is 0 Å². The van der Waals surface area contributed by atoms with Gasteiger partial charge >= 0.3 is 0 Å². The van der Waals surface area contributed by atoms with Crippen LogP contribution in [0.3, 0.4) is 0 Å². The molecule has 1 saturated heterocycles. The van der Waals surface area contributed by atoms with Crippen LogP contribution < -0.4 is 5.32 Å². The molecule has 0 radical (unpaired) electrons. The van der Waals surface area contributed by atoms with E-state index in [9.17, 15) is 10.1 Å². The van der Waals surface area contributed by atoms with E-state index in [-0.39, 0.29) is 11.8 Å². The van der Waals surface area contributed by atoms with Gasteiger partial charge in [0.15, 0.2) is 0 Å². The van der Waals surface area contributed by atoms with Crippen molar-refractivity contribution >= 4 is 5.69 Å². The Kier molecular flexibility index (Phi) is 3.63. The summed E-state index contributed by atoms with van der Waals surface area (Å²) in [5.74, 6) is 0.821. The van der Waals surface area contributed by atoms with Crippen molar-refractivity contribution in [1.82, 2.24) is 15.5 Å². The quantitative estimate of drug-likeness (QED) is 0.676. The summed E-state index contributed by atoms with van der Waals surface area (Å²) in [4.78, 5) is 14.6. The Morgan fingerprint density at radius 2 is 2.33 bits per heavy atom. The van der Waals surface area contributed by atoms with Gasteiger partial charge in [0.1, 0.15) is 6.10 Å². The van der Waals surface area contributed by atoms with Crippen LogP contribution in [-0.4, -0.2) is 34.8 Å². The minimum Gasteiger partial charge on any atom is -0.367 e. The molecular weight excluding hydrogens is 276 g/mol. The Morgan fingerprint density at radius 1 is 1.48 bits per heavy atom. The molecule has 1 unspecified atom stereocenters. The number of nitrogens with zero attached hydrogens (tertiary/aromatic N) is 3. The van der Waals surface area contributed by atoms with Gasteiger partial charge in [0, 0.05) is 30.8 Å². The first-order valence-electron chi connectivity index (χ1n) is 6.56. The van der Waals surface area contributed by atoms with Crippen LogP contribution in [0.5, 0.6) is 0 Å². The number of aromatic nitrogens is 2. The maximum absolute atomic E-state index is 10.7. The first-order valence-corrected chi connectivity index (χ1v) is 6.56. The third-order valence-electron chi connectivity index (χ3n) is 3.31. The molecule has 1 aliphatic heterocycles. The Hall–Kier alpha value is -2.32. The molecule has 8 nitrogen and oxygen atoms in total. The third kappa shape index (κ3) is 2.76. The number of hydrogen-bond acceptors (Lipinski definition) is 7. The highest BCUT2D eigenvalue weighted by Gasteiger charge is 2.22. The summed E-state index contributed by atoms with van der Waals surface area (Å²) >= 11 is 0. The lowest BCUT2D eigenvalue weighted by Gasteiger charge is -2.20. The number of nitro groups is 1. The van der Waals surface area contributed by atoms with Crippen LogP contribution in [0.15, 0.2) is 22.7 Å². The zero-order valence-electron chi connectivity index (χ0n) is 11.4. The zero-order chi connectivity index (χ0) is 14.8. The van der Waals surface area contributed by atoms with Crippen molar-refractivity contribution in [2.75, 3.05) is 19.7 Å². The molecule has 0 amide bonds. The van der Waals surface area contributed by atoms with Crippen LogP contribution in [0.2, 0.25) is 0 Å². The van der Waals surface area contributed by atoms with Gasteiger partial charge in [-0.15, -0.1) is 0 Å². The van der Waals surface area contributed by atoms with Crippen molar-refractivity contribution in [2.24, 2.45) is 0 Å². The molecule has 110 valence electrons. The average molecular weight is 290 g/mol. The summed E-state index contributed by atoms with van der Waals surface area (Å²) in [5, 5.41) is 17.9. The predicted molar refractivity (Wildman–Crippen MR) is 72.7 cm³/mol. The summed E-state index contributed by atoms with van der Waals surface area (Å²) in [6, 6.07) is 4.52. The average Bonchev–Trinajstić information content (AvgIpc) is 2.97. The van der Waals surface area contributed by atoms with Crippen LogP contribution in [-0.2, 0) is 4.74 Å². The highest BCUT2D eigenvalue weighted by atomic mass is 16.6. The van der Waals surface area contributed by atoms with Crippen molar-refractivity contribution in [3.63, 3.8) is 0 Å². The smallest absolute Gasteiger partial charge is 0.269 e. The molecule has 1 aromatic heterocycles. The molecule has 1 aliphatic rings. The van der Waals surface area contributed by atoms with Crippen LogP contribution in [0.1, 0.15) is 17.5 Å². The van der Waals surface area contributed by atoms with Crippen LogP contribution in [0.25, 0.3) is 11.5 Å². The van der Waals surface area contributed by atoms with Gasteiger partial charge in [-0.2, -0.15) is 4.98 Å². The normalized spacial score (nSPS) is 18.6. The second-order valence-corrected chi connectivity index (χ2v) is 4.78. The fraction of sp³-hybridized carbons (Fsp3) is 0.385. The molecular formula is C13H14N4O4. The molecule has 1 fully saturated rings. The summed E-state index contributed by atoms with van der Waals surface area (Å²) in [5.41, 5.74) is 1.43. The van der Waals surface area contributed by atoms with Gasteiger partial charge in [0.05, 0.1) is 11.5 Å². The van der Waals surface area contributed by atoms with Crippen molar-refractivity contribution in [1.29, 1.82) is 0 Å². The van der Waals surface area contributed by atoms with E-state index in [0.717, 1.165) is 6.54 Å². The molecule has 2 heterocycles. The monoisotopic (exact) mass is 290 g/mol. The number of non-ortho nitro benzene ring substituents is 1. The number of ether oxygens (including phenoxy) is 1. The summed E-state index contributed by atoms with van der Waals surface area (Å²) < 4.78 is 10.8. The van der Waals surface area contributed by atoms with E-state index in [1.165, 1.54) is 12.1 Å². The van der Waals surface area contributed by atoms with Crippen molar-refractivity contribution in [3.8, 4) is 11.5 Å². The van der Waals surface area contributed by atoms with E-state index in [4.69, 9.17) is 9.26 Å². The Labute approximate surface area is 120 Å². The maximum atomic E-state index is 10.7. The fourth-order valence-corrected chi connectivity index (χ4v) is 2.21. The zero-order valence-corrected chi connectivity index (χ0v) is 11.4. The maximum Gasteiger partial charge on any atom is 0.269 e. The lowest BCUT2D eigenvalue weighted by molar-refractivity contribution is -0.384. The molecule has 1 aromatic carbocycles.